The zero-order valence-electron chi connectivity index (χ0n) is 15.8. The summed E-state index contributed by atoms with van der Waals surface area (Å²) in [7, 11) is 0. The molecule has 3 nitrogen and oxygen atoms in total. The fourth-order valence-corrected chi connectivity index (χ4v) is 5.01. The molecule has 1 aromatic carbocycles. The van der Waals surface area contributed by atoms with E-state index >= 15 is 0 Å². The van der Waals surface area contributed by atoms with Gasteiger partial charge in [0.1, 0.15) is 0 Å². The van der Waals surface area contributed by atoms with Crippen molar-refractivity contribution in [3.05, 3.63) is 53.1 Å². The molecule has 1 amide bonds. The molecule has 3 atom stereocenters. The van der Waals surface area contributed by atoms with Crippen LogP contribution in [0.4, 0.5) is 5.69 Å². The molecule has 1 fully saturated rings. The maximum atomic E-state index is 13.2. The Morgan fingerprint density at radius 2 is 1.96 bits per heavy atom. The molecule has 1 heterocycles. The number of nitrogens with zero attached hydrogens (tertiary/aromatic N) is 1. The van der Waals surface area contributed by atoms with Gasteiger partial charge in [-0.25, -0.2) is 0 Å². The van der Waals surface area contributed by atoms with Gasteiger partial charge in [-0.2, -0.15) is 0 Å². The van der Waals surface area contributed by atoms with Crippen LogP contribution in [0.15, 0.2) is 47.6 Å². The monoisotopic (exact) mass is 349 g/mol. The van der Waals surface area contributed by atoms with E-state index in [2.05, 4.69) is 19.6 Å². The fraction of sp³-hybridized carbons (Fsp3) is 0.478. The minimum Gasteiger partial charge on any atom is -0.308 e. The van der Waals surface area contributed by atoms with Gasteiger partial charge in [0.25, 0.3) is 5.91 Å². The summed E-state index contributed by atoms with van der Waals surface area (Å²) in [5.41, 5.74) is 5.23. The number of ketones is 1. The molecule has 0 saturated heterocycles. The van der Waals surface area contributed by atoms with E-state index in [0.29, 0.717) is 29.6 Å². The first-order chi connectivity index (χ1) is 12.5. The van der Waals surface area contributed by atoms with Gasteiger partial charge in [-0.05, 0) is 67.6 Å². The van der Waals surface area contributed by atoms with Crippen LogP contribution >= 0.6 is 0 Å². The predicted molar refractivity (Wildman–Crippen MR) is 104 cm³/mol. The van der Waals surface area contributed by atoms with E-state index in [-0.39, 0.29) is 11.8 Å². The maximum absolute atomic E-state index is 13.2. The number of carbonyl (C=O) groups is 2. The molecule has 3 aliphatic rings. The van der Waals surface area contributed by atoms with Crippen molar-refractivity contribution in [2.45, 2.75) is 46.0 Å². The number of amides is 1. The smallest absolute Gasteiger partial charge is 0.253 e. The first-order valence-corrected chi connectivity index (χ1v) is 9.78. The van der Waals surface area contributed by atoms with Gasteiger partial charge >= 0.3 is 0 Å². The molecule has 0 unspecified atom stereocenters. The molecule has 0 bridgehead atoms. The van der Waals surface area contributed by atoms with Gasteiger partial charge in [-0.15, -0.1) is 0 Å². The molecule has 2 aliphatic carbocycles. The van der Waals surface area contributed by atoms with E-state index in [1.54, 1.807) is 0 Å². The Hall–Kier alpha value is -2.16. The molecule has 0 spiro atoms. The lowest BCUT2D eigenvalue weighted by atomic mass is 9.86. The molecule has 1 aliphatic heterocycles. The van der Waals surface area contributed by atoms with Crippen LogP contribution in [-0.4, -0.2) is 18.2 Å². The van der Waals surface area contributed by atoms with Crippen LogP contribution in [0.25, 0.3) is 0 Å². The summed E-state index contributed by atoms with van der Waals surface area (Å²) in [5, 5.41) is 0. The van der Waals surface area contributed by atoms with Crippen molar-refractivity contribution in [2.75, 3.05) is 11.4 Å². The highest BCUT2D eigenvalue weighted by Gasteiger charge is 2.39. The molecular weight excluding hydrogens is 322 g/mol. The normalized spacial score (nSPS) is 28.0. The molecule has 1 aromatic rings. The Balaban J connectivity index is 1.57. The first-order valence-electron chi connectivity index (χ1n) is 9.78. The van der Waals surface area contributed by atoms with Crippen LogP contribution in [0, 0.1) is 17.8 Å². The second-order valence-corrected chi connectivity index (χ2v) is 8.20. The van der Waals surface area contributed by atoms with Gasteiger partial charge in [0.05, 0.1) is 0 Å². The number of hydrogen-bond acceptors (Lipinski definition) is 2. The second kappa shape index (κ2) is 6.53. The van der Waals surface area contributed by atoms with Crippen molar-refractivity contribution in [3.8, 4) is 0 Å². The lowest BCUT2D eigenvalue weighted by Crippen LogP contribution is -2.32. The van der Waals surface area contributed by atoms with Gasteiger partial charge < -0.3 is 4.90 Å². The van der Waals surface area contributed by atoms with Crippen LogP contribution in [0.3, 0.4) is 0 Å². The van der Waals surface area contributed by atoms with Crippen molar-refractivity contribution in [3.63, 3.8) is 0 Å². The zero-order valence-corrected chi connectivity index (χ0v) is 15.8. The van der Waals surface area contributed by atoms with Crippen molar-refractivity contribution in [1.82, 2.24) is 0 Å². The third kappa shape index (κ3) is 2.74. The number of para-hydroxylation sites is 1. The van der Waals surface area contributed by atoms with Crippen LogP contribution < -0.4 is 4.90 Å². The van der Waals surface area contributed by atoms with Crippen LogP contribution in [0.2, 0.25) is 0 Å². The third-order valence-corrected chi connectivity index (χ3v) is 6.78. The minimum atomic E-state index is 0.0635. The Morgan fingerprint density at radius 3 is 2.77 bits per heavy atom. The highest BCUT2D eigenvalue weighted by molar-refractivity contribution is 6.07. The lowest BCUT2D eigenvalue weighted by Gasteiger charge is -2.24. The van der Waals surface area contributed by atoms with Gasteiger partial charge in [0.2, 0.25) is 0 Å². The van der Waals surface area contributed by atoms with Crippen molar-refractivity contribution in [1.29, 1.82) is 0 Å². The standard InChI is InChI=1S/C23H27NO2/c1-14-8-9-18(12-20-16(3)22(25)13-19(14)20)15(2)23(26)24-11-10-17-6-4-5-7-21(17)24/h4-7,14,18-19H,2,8-13H2,1,3H3/t14-,18+,19-/m0/s1. The summed E-state index contributed by atoms with van der Waals surface area (Å²) >= 11 is 0. The molecule has 1 saturated carbocycles. The average molecular weight is 349 g/mol. The Labute approximate surface area is 155 Å². The number of rotatable bonds is 2. The highest BCUT2D eigenvalue weighted by Crippen LogP contribution is 2.45. The Morgan fingerprint density at radius 1 is 1.19 bits per heavy atom. The molecule has 0 radical (unpaired) electrons. The third-order valence-electron chi connectivity index (χ3n) is 6.78. The molecular formula is C23H27NO2. The summed E-state index contributed by atoms with van der Waals surface area (Å²) in [6.07, 6.45) is 4.45. The number of hydrogen-bond donors (Lipinski definition) is 0. The largest absolute Gasteiger partial charge is 0.308 e. The van der Waals surface area contributed by atoms with Crippen molar-refractivity contribution >= 4 is 17.4 Å². The minimum absolute atomic E-state index is 0.0635. The topological polar surface area (TPSA) is 37.4 Å². The molecule has 136 valence electrons. The summed E-state index contributed by atoms with van der Waals surface area (Å²) in [5.74, 6) is 1.39. The van der Waals surface area contributed by atoms with Crippen LogP contribution in [0.5, 0.6) is 0 Å². The maximum Gasteiger partial charge on any atom is 0.253 e. The summed E-state index contributed by atoms with van der Waals surface area (Å²) in [4.78, 5) is 27.3. The number of carbonyl (C=O) groups excluding carboxylic acids is 2. The SMILES string of the molecule is C=C(C(=O)N1CCc2ccccc21)[C@@H]1CC[C@H](C)[C@@H]2CC(=O)C(C)=C2C1. The fourth-order valence-electron chi connectivity index (χ4n) is 5.01. The second-order valence-electron chi connectivity index (χ2n) is 8.20. The van der Waals surface area contributed by atoms with Crippen LogP contribution in [-0.2, 0) is 16.0 Å². The molecule has 3 heteroatoms. The highest BCUT2D eigenvalue weighted by atomic mass is 16.2. The summed E-state index contributed by atoms with van der Waals surface area (Å²) < 4.78 is 0. The zero-order chi connectivity index (χ0) is 18.4. The van der Waals surface area contributed by atoms with E-state index in [4.69, 9.17) is 0 Å². The Bertz CT molecular complexity index is 819. The van der Waals surface area contributed by atoms with E-state index in [1.807, 2.05) is 30.0 Å². The van der Waals surface area contributed by atoms with Gasteiger partial charge in [0.15, 0.2) is 5.78 Å². The quantitative estimate of drug-likeness (QED) is 0.739. The van der Waals surface area contributed by atoms with Gasteiger partial charge in [0, 0.05) is 24.2 Å². The number of benzene rings is 1. The number of allylic oxidation sites excluding steroid dienone is 2. The number of anilines is 1. The first kappa shape index (κ1) is 17.3. The molecule has 0 aromatic heterocycles. The summed E-state index contributed by atoms with van der Waals surface area (Å²) in [6.45, 7) is 9.18. The van der Waals surface area contributed by atoms with Crippen molar-refractivity contribution in [2.24, 2.45) is 17.8 Å². The summed E-state index contributed by atoms with van der Waals surface area (Å²) in [6, 6.07) is 8.15. The van der Waals surface area contributed by atoms with Crippen LogP contribution in [0.1, 0.15) is 45.1 Å². The number of fused-ring (bicyclic) bond motifs is 2. The van der Waals surface area contributed by atoms with E-state index in [0.717, 1.165) is 43.5 Å². The molecule has 4 rings (SSSR count). The van der Waals surface area contributed by atoms with E-state index in [1.165, 1.54) is 11.1 Å². The van der Waals surface area contributed by atoms with Gasteiger partial charge in [-0.1, -0.05) is 37.3 Å². The van der Waals surface area contributed by atoms with E-state index in [9.17, 15) is 9.59 Å². The lowest BCUT2D eigenvalue weighted by molar-refractivity contribution is -0.116. The van der Waals surface area contributed by atoms with Crippen molar-refractivity contribution < 1.29 is 9.59 Å². The molecule has 0 N–H and O–H groups in total. The molecule has 26 heavy (non-hydrogen) atoms. The van der Waals surface area contributed by atoms with E-state index < -0.39 is 0 Å². The Kier molecular flexibility index (Phi) is 4.34. The van der Waals surface area contributed by atoms with Gasteiger partial charge in [-0.3, -0.25) is 9.59 Å². The number of Topliss-reactive ketones (excluding diaryl/α,β-unsaturated/α-hetero) is 1. The average Bonchev–Trinajstić information content (AvgIpc) is 3.14. The predicted octanol–water partition coefficient (Wildman–Crippen LogP) is 4.47.